The van der Waals surface area contributed by atoms with Gasteiger partial charge in [0.05, 0.1) is 22.2 Å². The summed E-state index contributed by atoms with van der Waals surface area (Å²) in [5, 5.41) is 3.28. The number of sulfonamides is 1. The summed E-state index contributed by atoms with van der Waals surface area (Å²) in [6.45, 7) is 1.88. The highest BCUT2D eigenvalue weighted by molar-refractivity contribution is 7.92. The lowest BCUT2D eigenvalue weighted by Gasteiger charge is -2.25. The van der Waals surface area contributed by atoms with Crippen LogP contribution in [0, 0.1) is 0 Å². The third kappa shape index (κ3) is 4.63. The topological polar surface area (TPSA) is 84.9 Å². The zero-order chi connectivity index (χ0) is 20.3. The smallest absolute Gasteiger partial charge is 0.245 e. The molecule has 2 aromatic rings. The Morgan fingerprint density at radius 1 is 1.11 bits per heavy atom. The van der Waals surface area contributed by atoms with Crippen LogP contribution in [0.1, 0.15) is 6.92 Å². The lowest BCUT2D eigenvalue weighted by molar-refractivity contribution is -0.114. The number of nitrogens with one attached hydrogen (secondary N) is 1. The first-order valence-corrected chi connectivity index (χ1v) is 10.8. The molecule has 1 N–H and O–H groups in total. The maximum absolute atomic E-state index is 12.6. The van der Waals surface area contributed by atoms with Gasteiger partial charge in [-0.2, -0.15) is 0 Å². The van der Waals surface area contributed by atoms with Crippen molar-refractivity contribution < 1.29 is 22.7 Å². The Bertz CT molecular complexity index is 997. The SMILES string of the molecule is CCS(=O)(=O)N(CC(=O)Nc1ccc(Cl)cc1Cl)c1ccc2c(c1)OCCO2. The standard InChI is InChI=1S/C18H18Cl2N2O5S/c1-2-28(24,25)22(13-4-6-16-17(10-13)27-8-7-26-16)11-18(23)21-15-5-3-12(19)9-14(15)20/h3-6,9-10H,2,7-8,11H2,1H3,(H,21,23). The van der Waals surface area contributed by atoms with Crippen molar-refractivity contribution in [2.24, 2.45) is 0 Å². The van der Waals surface area contributed by atoms with E-state index in [1.54, 1.807) is 30.3 Å². The van der Waals surface area contributed by atoms with Crippen molar-refractivity contribution in [2.45, 2.75) is 6.92 Å². The average Bonchev–Trinajstić information content (AvgIpc) is 2.68. The molecule has 0 unspecified atom stereocenters. The first kappa shape index (κ1) is 20.6. The second-order valence-corrected chi connectivity index (χ2v) is 8.93. The molecule has 0 aromatic heterocycles. The van der Waals surface area contributed by atoms with E-state index < -0.39 is 22.5 Å². The Labute approximate surface area is 173 Å². The molecular weight excluding hydrogens is 427 g/mol. The first-order chi connectivity index (χ1) is 13.3. The van der Waals surface area contributed by atoms with Gasteiger partial charge in [0, 0.05) is 11.1 Å². The first-order valence-electron chi connectivity index (χ1n) is 8.45. The van der Waals surface area contributed by atoms with E-state index >= 15 is 0 Å². The van der Waals surface area contributed by atoms with Gasteiger partial charge in [0.2, 0.25) is 15.9 Å². The van der Waals surface area contributed by atoms with Crippen LogP contribution in [0.25, 0.3) is 0 Å². The van der Waals surface area contributed by atoms with E-state index in [-0.39, 0.29) is 10.8 Å². The fraction of sp³-hybridized carbons (Fsp3) is 0.278. The lowest BCUT2D eigenvalue weighted by Crippen LogP contribution is -2.39. The molecule has 0 spiro atoms. The number of halogens is 2. The van der Waals surface area contributed by atoms with E-state index in [4.69, 9.17) is 32.7 Å². The summed E-state index contributed by atoms with van der Waals surface area (Å²) in [6.07, 6.45) is 0. The third-order valence-corrected chi connectivity index (χ3v) is 6.30. The summed E-state index contributed by atoms with van der Waals surface area (Å²) in [4.78, 5) is 12.5. The molecule has 0 bridgehead atoms. The number of rotatable bonds is 6. The highest BCUT2D eigenvalue weighted by Crippen LogP contribution is 2.35. The van der Waals surface area contributed by atoms with Crippen LogP contribution in [0.2, 0.25) is 10.0 Å². The molecule has 10 heteroatoms. The van der Waals surface area contributed by atoms with Crippen molar-refractivity contribution in [3.63, 3.8) is 0 Å². The summed E-state index contributed by atoms with van der Waals surface area (Å²) in [7, 11) is -3.72. The number of amides is 1. The average molecular weight is 445 g/mol. The number of nitrogens with zero attached hydrogens (tertiary/aromatic N) is 1. The summed E-state index contributed by atoms with van der Waals surface area (Å²) in [5.41, 5.74) is 0.649. The highest BCUT2D eigenvalue weighted by Gasteiger charge is 2.25. The van der Waals surface area contributed by atoms with Gasteiger partial charge in [0.15, 0.2) is 11.5 Å². The molecule has 1 aliphatic rings. The van der Waals surface area contributed by atoms with Gasteiger partial charge in [-0.15, -0.1) is 0 Å². The fourth-order valence-corrected chi connectivity index (χ4v) is 4.12. The number of fused-ring (bicyclic) bond motifs is 1. The Morgan fingerprint density at radius 2 is 1.82 bits per heavy atom. The predicted octanol–water partition coefficient (Wildman–Crippen LogP) is 3.56. The van der Waals surface area contributed by atoms with E-state index in [2.05, 4.69) is 5.32 Å². The maximum Gasteiger partial charge on any atom is 0.245 e. The molecule has 0 radical (unpaired) electrons. The lowest BCUT2D eigenvalue weighted by atomic mass is 10.2. The molecule has 28 heavy (non-hydrogen) atoms. The zero-order valence-corrected chi connectivity index (χ0v) is 17.3. The molecule has 0 aliphatic carbocycles. The number of anilines is 2. The Hall–Kier alpha value is -2.16. The van der Waals surface area contributed by atoms with Gasteiger partial charge in [-0.05, 0) is 37.3 Å². The number of carbonyl (C=O) groups is 1. The zero-order valence-electron chi connectivity index (χ0n) is 14.9. The van der Waals surface area contributed by atoms with E-state index in [1.807, 2.05) is 0 Å². The Kier molecular flexibility index (Phi) is 6.22. The van der Waals surface area contributed by atoms with Crippen LogP contribution in [0.3, 0.4) is 0 Å². The van der Waals surface area contributed by atoms with Crippen molar-refractivity contribution in [1.82, 2.24) is 0 Å². The third-order valence-electron chi connectivity index (χ3n) is 4.01. The molecule has 0 saturated heterocycles. The van der Waals surface area contributed by atoms with Crippen molar-refractivity contribution in [3.8, 4) is 11.5 Å². The van der Waals surface area contributed by atoms with E-state index in [0.29, 0.717) is 41.1 Å². The van der Waals surface area contributed by atoms with E-state index in [9.17, 15) is 13.2 Å². The monoisotopic (exact) mass is 444 g/mol. The van der Waals surface area contributed by atoms with Gasteiger partial charge < -0.3 is 14.8 Å². The number of hydrogen-bond donors (Lipinski definition) is 1. The normalized spacial score (nSPS) is 13.1. The van der Waals surface area contributed by atoms with Crippen LogP contribution in [0.15, 0.2) is 36.4 Å². The molecular formula is C18H18Cl2N2O5S. The molecule has 7 nitrogen and oxygen atoms in total. The molecule has 150 valence electrons. The minimum Gasteiger partial charge on any atom is -0.486 e. The highest BCUT2D eigenvalue weighted by atomic mass is 35.5. The van der Waals surface area contributed by atoms with Crippen LogP contribution in [0.5, 0.6) is 11.5 Å². The van der Waals surface area contributed by atoms with E-state index in [1.165, 1.54) is 13.0 Å². The van der Waals surface area contributed by atoms with Gasteiger partial charge in [-0.25, -0.2) is 8.42 Å². The second-order valence-electron chi connectivity index (χ2n) is 5.91. The van der Waals surface area contributed by atoms with E-state index in [0.717, 1.165) is 4.31 Å². The summed E-state index contributed by atoms with van der Waals surface area (Å²) >= 11 is 11.9. The number of benzene rings is 2. The van der Waals surface area contributed by atoms with Crippen molar-refractivity contribution >= 4 is 50.5 Å². The molecule has 1 aliphatic heterocycles. The molecule has 0 atom stereocenters. The number of ether oxygens (including phenoxy) is 2. The molecule has 0 fully saturated rings. The second kappa shape index (κ2) is 8.46. The van der Waals surface area contributed by atoms with Gasteiger partial charge in [0.25, 0.3) is 0 Å². The van der Waals surface area contributed by atoms with Crippen LogP contribution >= 0.6 is 23.2 Å². The van der Waals surface area contributed by atoms with Gasteiger partial charge in [0.1, 0.15) is 19.8 Å². The van der Waals surface area contributed by atoms with Crippen molar-refractivity contribution in [1.29, 1.82) is 0 Å². The predicted molar refractivity (Wildman–Crippen MR) is 109 cm³/mol. The van der Waals surface area contributed by atoms with Gasteiger partial charge in [-0.1, -0.05) is 23.2 Å². The largest absolute Gasteiger partial charge is 0.486 e. The molecule has 3 rings (SSSR count). The minimum atomic E-state index is -3.72. The summed E-state index contributed by atoms with van der Waals surface area (Å²) < 4.78 is 37.2. The van der Waals surface area contributed by atoms with Crippen LogP contribution in [0.4, 0.5) is 11.4 Å². The van der Waals surface area contributed by atoms with Gasteiger partial charge >= 0.3 is 0 Å². The quantitative estimate of drug-likeness (QED) is 0.735. The fourth-order valence-electron chi connectivity index (χ4n) is 2.60. The van der Waals surface area contributed by atoms with Crippen molar-refractivity contribution in [2.75, 3.05) is 35.1 Å². The molecule has 0 saturated carbocycles. The van der Waals surface area contributed by atoms with Crippen LogP contribution < -0.4 is 19.1 Å². The maximum atomic E-state index is 12.6. The molecule has 1 amide bonds. The Morgan fingerprint density at radius 3 is 2.50 bits per heavy atom. The number of hydrogen-bond acceptors (Lipinski definition) is 5. The van der Waals surface area contributed by atoms with Crippen molar-refractivity contribution in [3.05, 3.63) is 46.4 Å². The van der Waals surface area contributed by atoms with Crippen LogP contribution in [-0.4, -0.2) is 39.8 Å². The van der Waals surface area contributed by atoms with Gasteiger partial charge in [-0.3, -0.25) is 9.10 Å². The summed E-state index contributed by atoms with van der Waals surface area (Å²) in [6, 6.07) is 9.35. The molecule has 2 aromatic carbocycles. The molecule has 1 heterocycles. The minimum absolute atomic E-state index is 0.170. The van der Waals surface area contributed by atoms with Crippen LogP contribution in [-0.2, 0) is 14.8 Å². The summed E-state index contributed by atoms with van der Waals surface area (Å²) in [5.74, 6) is 0.245. The number of carbonyl (C=O) groups excluding carboxylic acids is 1. The Balaban J connectivity index is 1.85.